The highest BCUT2D eigenvalue weighted by Crippen LogP contribution is 2.33. The molecule has 94 valence electrons. The summed E-state index contributed by atoms with van der Waals surface area (Å²) < 4.78 is 11.1. The molecule has 0 aromatic rings. The Bertz CT molecular complexity index is 376. The highest BCUT2D eigenvalue weighted by atomic mass is 16.6. The van der Waals surface area contributed by atoms with E-state index in [-0.39, 0.29) is 5.41 Å². The molecule has 0 aromatic heterocycles. The minimum absolute atomic E-state index is 0.194. The average Bonchev–Trinajstić information content (AvgIpc) is 3.01. The topological polar surface area (TPSA) is 21.8 Å². The van der Waals surface area contributed by atoms with Crippen molar-refractivity contribution in [2.45, 2.75) is 40.2 Å². The van der Waals surface area contributed by atoms with E-state index in [1.807, 2.05) is 0 Å². The number of epoxide rings is 1. The predicted octanol–water partition coefficient (Wildman–Crippen LogP) is 3.61. The van der Waals surface area contributed by atoms with Gasteiger partial charge in [-0.2, -0.15) is 0 Å². The number of ether oxygens (including phenoxy) is 2. The number of rotatable bonds is 3. The van der Waals surface area contributed by atoms with Gasteiger partial charge >= 0.3 is 0 Å². The molecule has 0 amide bonds. The largest absolute Gasteiger partial charge is 0.495 e. The molecule has 2 rings (SSSR count). The lowest BCUT2D eigenvalue weighted by atomic mass is 9.84. The Morgan fingerprint density at radius 1 is 1.41 bits per heavy atom. The molecule has 1 saturated heterocycles. The number of hydrogen-bond acceptors (Lipinski definition) is 2. The van der Waals surface area contributed by atoms with Crippen molar-refractivity contribution < 1.29 is 9.47 Å². The molecule has 1 fully saturated rings. The molecular weight excluding hydrogens is 212 g/mol. The minimum atomic E-state index is 0.194. The summed E-state index contributed by atoms with van der Waals surface area (Å²) in [5, 5.41) is 0. The standard InChI is InChI=1S/C15H22O2/c1-11-6-5-7-12(15(2,3)4)8-14(11)17-10-13-9-16-13/h5-7,13H,8-10H2,1-4H3. The monoisotopic (exact) mass is 234 g/mol. The summed E-state index contributed by atoms with van der Waals surface area (Å²) in [4.78, 5) is 0. The van der Waals surface area contributed by atoms with E-state index in [1.165, 1.54) is 11.1 Å². The third-order valence-electron chi connectivity index (χ3n) is 3.24. The van der Waals surface area contributed by atoms with Crippen molar-refractivity contribution in [3.8, 4) is 0 Å². The predicted molar refractivity (Wildman–Crippen MR) is 69.7 cm³/mol. The molecule has 0 N–H and O–H groups in total. The second kappa shape index (κ2) is 4.69. The Morgan fingerprint density at radius 3 is 2.71 bits per heavy atom. The van der Waals surface area contributed by atoms with Gasteiger partial charge in [0.15, 0.2) is 0 Å². The summed E-state index contributed by atoms with van der Waals surface area (Å²) in [7, 11) is 0. The second-order valence-electron chi connectivity index (χ2n) is 5.85. The van der Waals surface area contributed by atoms with Gasteiger partial charge in [0.2, 0.25) is 0 Å². The maximum atomic E-state index is 5.89. The molecular formula is C15H22O2. The summed E-state index contributed by atoms with van der Waals surface area (Å²) in [5.41, 5.74) is 2.83. The van der Waals surface area contributed by atoms with Gasteiger partial charge in [-0.05, 0) is 17.9 Å². The average molecular weight is 234 g/mol. The first-order chi connectivity index (χ1) is 7.97. The van der Waals surface area contributed by atoms with E-state index >= 15 is 0 Å². The molecule has 1 aliphatic carbocycles. The first kappa shape index (κ1) is 12.4. The summed E-state index contributed by atoms with van der Waals surface area (Å²) >= 11 is 0. The van der Waals surface area contributed by atoms with E-state index in [4.69, 9.17) is 9.47 Å². The van der Waals surface area contributed by atoms with Crippen molar-refractivity contribution >= 4 is 0 Å². The van der Waals surface area contributed by atoms with Gasteiger partial charge < -0.3 is 9.47 Å². The fourth-order valence-electron chi connectivity index (χ4n) is 1.81. The molecule has 1 aliphatic heterocycles. The highest BCUT2D eigenvalue weighted by Gasteiger charge is 2.25. The van der Waals surface area contributed by atoms with Crippen LogP contribution < -0.4 is 0 Å². The van der Waals surface area contributed by atoms with Crippen LogP contribution in [0.15, 0.2) is 35.1 Å². The summed E-state index contributed by atoms with van der Waals surface area (Å²) in [5.74, 6) is 1.09. The maximum absolute atomic E-state index is 5.89. The van der Waals surface area contributed by atoms with Crippen LogP contribution in [0.3, 0.4) is 0 Å². The van der Waals surface area contributed by atoms with Gasteiger partial charge in [-0.1, -0.05) is 44.6 Å². The lowest BCUT2D eigenvalue weighted by molar-refractivity contribution is 0.174. The van der Waals surface area contributed by atoms with Crippen LogP contribution in [0.1, 0.15) is 34.1 Å². The third-order valence-corrected chi connectivity index (χ3v) is 3.24. The lowest BCUT2D eigenvalue weighted by Crippen LogP contribution is -2.12. The molecule has 2 aliphatic rings. The van der Waals surface area contributed by atoms with Gasteiger partial charge in [-0.3, -0.25) is 0 Å². The Balaban J connectivity index is 2.07. The Kier molecular flexibility index (Phi) is 3.43. The molecule has 1 atom stereocenters. The van der Waals surface area contributed by atoms with Crippen molar-refractivity contribution in [3.63, 3.8) is 0 Å². The highest BCUT2D eigenvalue weighted by molar-refractivity contribution is 5.34. The van der Waals surface area contributed by atoms with Crippen molar-refractivity contribution in [2.75, 3.05) is 13.2 Å². The SMILES string of the molecule is CC1=C(OCC2CO2)CC(C(C)(C)C)=CC=C1. The van der Waals surface area contributed by atoms with E-state index in [1.54, 1.807) is 0 Å². The Labute approximate surface area is 104 Å². The smallest absolute Gasteiger partial charge is 0.116 e. The molecule has 2 nitrogen and oxygen atoms in total. The second-order valence-corrected chi connectivity index (χ2v) is 5.85. The molecule has 0 spiro atoms. The van der Waals surface area contributed by atoms with Crippen LogP contribution in [0.5, 0.6) is 0 Å². The summed E-state index contributed by atoms with van der Waals surface area (Å²) in [6.07, 6.45) is 7.70. The zero-order valence-electron chi connectivity index (χ0n) is 11.2. The summed E-state index contributed by atoms with van der Waals surface area (Å²) in [6, 6.07) is 0. The lowest BCUT2D eigenvalue weighted by Gasteiger charge is -2.24. The molecule has 0 radical (unpaired) electrons. The molecule has 17 heavy (non-hydrogen) atoms. The van der Waals surface area contributed by atoms with Gasteiger partial charge in [0.1, 0.15) is 18.5 Å². The van der Waals surface area contributed by atoms with Crippen molar-refractivity contribution in [1.29, 1.82) is 0 Å². The molecule has 1 unspecified atom stereocenters. The van der Waals surface area contributed by atoms with Crippen LogP contribution in [0.25, 0.3) is 0 Å². The first-order valence-electron chi connectivity index (χ1n) is 6.28. The summed E-state index contributed by atoms with van der Waals surface area (Å²) in [6.45, 7) is 10.4. The van der Waals surface area contributed by atoms with Crippen LogP contribution in [0, 0.1) is 5.41 Å². The van der Waals surface area contributed by atoms with Gasteiger partial charge in [0.25, 0.3) is 0 Å². The number of hydrogen-bond donors (Lipinski definition) is 0. The van der Waals surface area contributed by atoms with Gasteiger partial charge in [-0.15, -0.1) is 0 Å². The van der Waals surface area contributed by atoms with Crippen LogP contribution in [-0.4, -0.2) is 19.3 Å². The molecule has 1 heterocycles. The van der Waals surface area contributed by atoms with Gasteiger partial charge in [0, 0.05) is 6.42 Å². The molecule has 0 saturated carbocycles. The van der Waals surface area contributed by atoms with Crippen LogP contribution >= 0.6 is 0 Å². The van der Waals surface area contributed by atoms with E-state index in [0.717, 1.165) is 18.8 Å². The maximum Gasteiger partial charge on any atom is 0.116 e. The normalized spacial score (nSPS) is 24.5. The molecule has 0 aromatic carbocycles. The third kappa shape index (κ3) is 3.47. The minimum Gasteiger partial charge on any atom is -0.495 e. The van der Waals surface area contributed by atoms with Crippen LogP contribution in [-0.2, 0) is 9.47 Å². The van der Waals surface area contributed by atoms with E-state index in [0.29, 0.717) is 12.7 Å². The molecule has 2 heteroatoms. The Morgan fingerprint density at radius 2 is 2.12 bits per heavy atom. The van der Waals surface area contributed by atoms with Crippen LogP contribution in [0.2, 0.25) is 0 Å². The van der Waals surface area contributed by atoms with E-state index in [9.17, 15) is 0 Å². The zero-order chi connectivity index (χ0) is 12.5. The van der Waals surface area contributed by atoms with Gasteiger partial charge in [0.05, 0.1) is 6.61 Å². The fourth-order valence-corrected chi connectivity index (χ4v) is 1.81. The zero-order valence-corrected chi connectivity index (χ0v) is 11.2. The van der Waals surface area contributed by atoms with Crippen molar-refractivity contribution in [2.24, 2.45) is 5.41 Å². The molecule has 0 bridgehead atoms. The quantitative estimate of drug-likeness (QED) is 0.696. The van der Waals surface area contributed by atoms with Crippen LogP contribution in [0.4, 0.5) is 0 Å². The first-order valence-corrected chi connectivity index (χ1v) is 6.28. The Hall–Kier alpha value is -1.02. The van der Waals surface area contributed by atoms with Crippen molar-refractivity contribution in [1.82, 2.24) is 0 Å². The van der Waals surface area contributed by atoms with Crippen molar-refractivity contribution in [3.05, 3.63) is 35.1 Å². The number of allylic oxidation sites excluding steroid dienone is 5. The van der Waals surface area contributed by atoms with E-state index < -0.39 is 0 Å². The van der Waals surface area contributed by atoms with Gasteiger partial charge in [-0.25, -0.2) is 0 Å². The van der Waals surface area contributed by atoms with E-state index in [2.05, 4.69) is 45.9 Å². The fraction of sp³-hybridized carbons (Fsp3) is 0.600.